The van der Waals surface area contributed by atoms with Gasteiger partial charge < -0.3 is 23.9 Å². The van der Waals surface area contributed by atoms with Crippen LogP contribution in [-0.4, -0.2) is 33.8 Å². The number of hydrogen-bond acceptors (Lipinski definition) is 5. The van der Waals surface area contributed by atoms with Gasteiger partial charge in [-0.1, -0.05) is 30.3 Å². The molecule has 0 saturated carbocycles. The molecule has 1 amide bonds. The molecular weight excluding hydrogens is 454 g/mol. The van der Waals surface area contributed by atoms with Crippen LogP contribution < -0.4 is 19.5 Å². The lowest BCUT2D eigenvalue weighted by molar-refractivity contribution is -0.116. The predicted molar refractivity (Wildman–Crippen MR) is 143 cm³/mol. The minimum absolute atomic E-state index is 0.160. The second-order valence-corrected chi connectivity index (χ2v) is 8.53. The summed E-state index contributed by atoms with van der Waals surface area (Å²) >= 11 is 0. The maximum Gasteiger partial charge on any atom is 0.244 e. The van der Waals surface area contributed by atoms with Gasteiger partial charge in [-0.15, -0.1) is 0 Å². The van der Waals surface area contributed by atoms with Crippen LogP contribution in [0.5, 0.6) is 17.2 Å². The third kappa shape index (κ3) is 5.08. The maximum absolute atomic E-state index is 12.7. The summed E-state index contributed by atoms with van der Waals surface area (Å²) in [7, 11) is 4.93. The number of ether oxygens (including phenoxy) is 3. The highest BCUT2D eigenvalue weighted by Gasteiger charge is 2.20. The third-order valence-electron chi connectivity index (χ3n) is 6.26. The van der Waals surface area contributed by atoms with Gasteiger partial charge >= 0.3 is 0 Å². The number of carbonyl (C=O) groups excluding carboxylic acids is 1. The topological polar surface area (TPSA) is 69.9 Å². The van der Waals surface area contributed by atoms with E-state index in [-0.39, 0.29) is 5.91 Å². The van der Waals surface area contributed by atoms with Gasteiger partial charge in [0.1, 0.15) is 22.8 Å². The lowest BCUT2D eigenvalue weighted by atomic mass is 9.96. The Labute approximate surface area is 211 Å². The van der Waals surface area contributed by atoms with Crippen LogP contribution >= 0.6 is 0 Å². The SMILES string of the molecule is COc1cccc(CCNC(=O)/C=C(\C)c2cc3c(-c4ccccc4OC)coc3c(C)c2OC)c1. The molecule has 36 heavy (non-hydrogen) atoms. The smallest absolute Gasteiger partial charge is 0.244 e. The summed E-state index contributed by atoms with van der Waals surface area (Å²) in [5.41, 5.74) is 6.20. The third-order valence-corrected chi connectivity index (χ3v) is 6.26. The highest BCUT2D eigenvalue weighted by molar-refractivity contribution is 6.02. The number of benzene rings is 3. The van der Waals surface area contributed by atoms with Gasteiger partial charge in [0.25, 0.3) is 0 Å². The molecule has 0 atom stereocenters. The molecule has 0 bridgehead atoms. The molecule has 1 heterocycles. The molecule has 0 spiro atoms. The van der Waals surface area contributed by atoms with Crippen molar-refractivity contribution in [1.82, 2.24) is 5.32 Å². The molecule has 6 heteroatoms. The lowest BCUT2D eigenvalue weighted by Gasteiger charge is -2.14. The van der Waals surface area contributed by atoms with Crippen LogP contribution in [-0.2, 0) is 11.2 Å². The van der Waals surface area contributed by atoms with E-state index in [0.29, 0.717) is 18.7 Å². The summed E-state index contributed by atoms with van der Waals surface area (Å²) in [5, 5.41) is 3.90. The Morgan fingerprint density at radius 1 is 0.972 bits per heavy atom. The monoisotopic (exact) mass is 485 g/mol. The van der Waals surface area contributed by atoms with E-state index in [9.17, 15) is 4.79 Å². The van der Waals surface area contributed by atoms with E-state index in [0.717, 1.165) is 55.9 Å². The molecule has 0 radical (unpaired) electrons. The molecule has 3 aromatic carbocycles. The van der Waals surface area contributed by atoms with E-state index >= 15 is 0 Å². The molecule has 1 aromatic heterocycles. The summed E-state index contributed by atoms with van der Waals surface area (Å²) in [6, 6.07) is 17.7. The van der Waals surface area contributed by atoms with Crippen molar-refractivity contribution in [3.63, 3.8) is 0 Å². The summed E-state index contributed by atoms with van der Waals surface area (Å²) in [4.78, 5) is 12.7. The fraction of sp³-hybridized carbons (Fsp3) is 0.233. The number of methoxy groups -OCH3 is 3. The van der Waals surface area contributed by atoms with Gasteiger partial charge in [-0.05, 0) is 55.7 Å². The number of nitrogens with one attached hydrogen (secondary N) is 1. The van der Waals surface area contributed by atoms with Crippen LogP contribution in [0.4, 0.5) is 0 Å². The number of amides is 1. The molecule has 1 N–H and O–H groups in total. The molecule has 6 nitrogen and oxygen atoms in total. The van der Waals surface area contributed by atoms with Gasteiger partial charge in [-0.25, -0.2) is 0 Å². The molecule has 0 unspecified atom stereocenters. The van der Waals surface area contributed by atoms with Gasteiger partial charge in [-0.3, -0.25) is 4.79 Å². The van der Waals surface area contributed by atoms with Crippen molar-refractivity contribution in [3.8, 4) is 28.4 Å². The van der Waals surface area contributed by atoms with E-state index in [4.69, 9.17) is 18.6 Å². The lowest BCUT2D eigenvalue weighted by Crippen LogP contribution is -2.23. The number of para-hydroxylation sites is 1. The van der Waals surface area contributed by atoms with Crippen LogP contribution in [0.2, 0.25) is 0 Å². The van der Waals surface area contributed by atoms with E-state index in [1.54, 1.807) is 33.7 Å². The number of rotatable bonds is 9. The zero-order chi connectivity index (χ0) is 25.7. The largest absolute Gasteiger partial charge is 0.497 e. The first-order chi connectivity index (χ1) is 17.5. The molecule has 0 aliphatic carbocycles. The average molecular weight is 486 g/mol. The van der Waals surface area contributed by atoms with Crippen LogP contribution in [0.15, 0.2) is 71.4 Å². The molecule has 0 aliphatic rings. The van der Waals surface area contributed by atoms with Crippen molar-refractivity contribution < 1.29 is 23.4 Å². The minimum atomic E-state index is -0.160. The van der Waals surface area contributed by atoms with E-state index in [2.05, 4.69) is 5.32 Å². The second kappa shape index (κ2) is 11.0. The molecule has 0 fully saturated rings. The first kappa shape index (κ1) is 24.9. The zero-order valence-corrected chi connectivity index (χ0v) is 21.3. The van der Waals surface area contributed by atoms with Gasteiger partial charge in [0.05, 0.1) is 27.6 Å². The van der Waals surface area contributed by atoms with E-state index in [1.165, 1.54) is 0 Å². The Bertz CT molecular complexity index is 1420. The molecule has 0 aliphatic heterocycles. The normalized spacial score (nSPS) is 11.4. The van der Waals surface area contributed by atoms with Crippen molar-refractivity contribution in [2.45, 2.75) is 20.3 Å². The predicted octanol–water partition coefficient (Wildman–Crippen LogP) is 6.20. The van der Waals surface area contributed by atoms with Crippen molar-refractivity contribution in [1.29, 1.82) is 0 Å². The Morgan fingerprint density at radius 2 is 1.78 bits per heavy atom. The number of aryl methyl sites for hydroxylation is 1. The molecule has 186 valence electrons. The number of carbonyl (C=O) groups is 1. The van der Waals surface area contributed by atoms with Crippen LogP contribution in [0.25, 0.3) is 27.7 Å². The van der Waals surface area contributed by atoms with Crippen LogP contribution in [0.1, 0.15) is 23.6 Å². The van der Waals surface area contributed by atoms with Crippen molar-refractivity contribution in [3.05, 3.63) is 83.6 Å². The fourth-order valence-electron chi connectivity index (χ4n) is 4.43. The maximum atomic E-state index is 12.7. The molecular formula is C30H31NO5. The number of fused-ring (bicyclic) bond motifs is 1. The van der Waals surface area contributed by atoms with Crippen LogP contribution in [0.3, 0.4) is 0 Å². The van der Waals surface area contributed by atoms with Gasteiger partial charge in [-0.2, -0.15) is 0 Å². The minimum Gasteiger partial charge on any atom is -0.497 e. The quantitative estimate of drug-likeness (QED) is 0.286. The Balaban J connectivity index is 1.61. The molecule has 4 rings (SSSR count). The van der Waals surface area contributed by atoms with Gasteiger partial charge in [0, 0.05) is 40.3 Å². The molecule has 0 saturated heterocycles. The summed E-state index contributed by atoms with van der Waals surface area (Å²) in [6.07, 6.45) is 4.06. The van der Waals surface area contributed by atoms with Crippen molar-refractivity contribution >= 4 is 22.4 Å². The number of hydrogen-bond donors (Lipinski definition) is 1. The first-order valence-electron chi connectivity index (χ1n) is 11.8. The summed E-state index contributed by atoms with van der Waals surface area (Å²) in [5.74, 6) is 2.09. The zero-order valence-electron chi connectivity index (χ0n) is 21.3. The van der Waals surface area contributed by atoms with E-state index < -0.39 is 0 Å². The Hall–Kier alpha value is -4.19. The first-order valence-corrected chi connectivity index (χ1v) is 11.8. The average Bonchev–Trinajstić information content (AvgIpc) is 3.32. The fourth-order valence-corrected chi connectivity index (χ4v) is 4.43. The summed E-state index contributed by atoms with van der Waals surface area (Å²) < 4.78 is 22.5. The summed E-state index contributed by atoms with van der Waals surface area (Å²) in [6.45, 7) is 4.39. The highest BCUT2D eigenvalue weighted by atomic mass is 16.5. The number of allylic oxidation sites excluding steroid dienone is 1. The van der Waals surface area contributed by atoms with Crippen molar-refractivity contribution in [2.75, 3.05) is 27.9 Å². The number of furan rings is 1. The Kier molecular flexibility index (Phi) is 7.64. The molecule has 4 aromatic rings. The standard InChI is InChI=1S/C30H31NO5/c1-19(15-28(32)31-14-13-21-9-8-10-22(16-21)33-3)24-17-25-26(23-11-6-7-12-27(23)34-4)18-36-30(25)20(2)29(24)35-5/h6-12,15-18H,13-14H2,1-5H3,(H,31,32)/b19-15+. The van der Waals surface area contributed by atoms with Crippen molar-refractivity contribution in [2.24, 2.45) is 0 Å². The highest BCUT2D eigenvalue weighted by Crippen LogP contribution is 2.42. The Morgan fingerprint density at radius 3 is 2.53 bits per heavy atom. The van der Waals surface area contributed by atoms with Gasteiger partial charge in [0.2, 0.25) is 5.91 Å². The van der Waals surface area contributed by atoms with Crippen LogP contribution in [0, 0.1) is 6.92 Å². The second-order valence-electron chi connectivity index (χ2n) is 8.53. The van der Waals surface area contributed by atoms with E-state index in [1.807, 2.05) is 68.4 Å². The van der Waals surface area contributed by atoms with Gasteiger partial charge in [0.15, 0.2) is 0 Å².